The maximum Gasteiger partial charge on any atom is 0.387 e. The smallest absolute Gasteiger partial charge is 0.387 e. The number of anilines is 2. The van der Waals surface area contributed by atoms with Crippen LogP contribution in [0.25, 0.3) is 33.1 Å². The van der Waals surface area contributed by atoms with Crippen LogP contribution in [0.5, 0.6) is 17.6 Å². The predicted molar refractivity (Wildman–Crippen MR) is 177 cm³/mol. The van der Waals surface area contributed by atoms with E-state index in [0.29, 0.717) is 40.8 Å². The molecule has 0 amide bonds. The molecule has 3 aliphatic rings. The van der Waals surface area contributed by atoms with Gasteiger partial charge in [-0.25, -0.2) is 18.7 Å². The van der Waals surface area contributed by atoms with Gasteiger partial charge in [-0.1, -0.05) is 6.07 Å². The highest BCUT2D eigenvalue weighted by Crippen LogP contribution is 2.47. The Morgan fingerprint density at radius 3 is 2.88 bits per heavy atom. The second kappa shape index (κ2) is 12.1. The average molecular weight is 694 g/mol. The first-order valence-corrected chi connectivity index (χ1v) is 16.5. The number of aryl methyl sites for hydroxylation is 1. The third-order valence-corrected chi connectivity index (χ3v) is 10.2. The maximum atomic E-state index is 17.2. The molecule has 8 rings (SSSR count). The summed E-state index contributed by atoms with van der Waals surface area (Å²) in [6.45, 7) is 3.49. The zero-order valence-corrected chi connectivity index (χ0v) is 27.6. The molecule has 16 heteroatoms. The minimum atomic E-state index is -3.20. The van der Waals surface area contributed by atoms with Crippen LogP contribution in [0.4, 0.5) is 29.2 Å². The predicted octanol–water partition coefficient (Wildman–Crippen LogP) is 5.90. The lowest BCUT2D eigenvalue weighted by Crippen LogP contribution is -2.43. The summed E-state index contributed by atoms with van der Waals surface area (Å²) in [7, 11) is 0. The van der Waals surface area contributed by atoms with Gasteiger partial charge in [0.15, 0.2) is 5.82 Å². The van der Waals surface area contributed by atoms with E-state index >= 15 is 4.39 Å². The highest BCUT2D eigenvalue weighted by Gasteiger charge is 2.49. The van der Waals surface area contributed by atoms with Crippen molar-refractivity contribution in [2.24, 2.45) is 0 Å². The summed E-state index contributed by atoms with van der Waals surface area (Å²) in [4.78, 5) is 22.3. The number of nitrogens with two attached hydrogens (primary N) is 1. The van der Waals surface area contributed by atoms with Crippen LogP contribution in [0, 0.1) is 12.7 Å². The van der Waals surface area contributed by atoms with Crippen LogP contribution in [-0.4, -0.2) is 85.7 Å². The molecule has 3 N–H and O–H groups in total. The summed E-state index contributed by atoms with van der Waals surface area (Å²) in [6, 6.07) is 4.29. The number of aromatic amines is 1. The third kappa shape index (κ3) is 5.18. The number of H-pyrrole nitrogens is 1. The molecule has 1 aromatic carbocycles. The van der Waals surface area contributed by atoms with Crippen molar-refractivity contribution < 1.29 is 31.8 Å². The fourth-order valence-electron chi connectivity index (χ4n) is 7.94. The zero-order chi connectivity index (χ0) is 34.9. The fraction of sp³-hybridized carbons (Fsp3) is 0.441. The molecule has 2 fully saturated rings. The van der Waals surface area contributed by atoms with Gasteiger partial charge in [0, 0.05) is 30.1 Å². The summed E-state index contributed by atoms with van der Waals surface area (Å²) in [6.07, 6.45) is 3.97. The normalized spacial score (nSPS) is 22.6. The SMILES string of the molecule is Cc1cc2[nH]ncc2c(-c2nc3c4c(nc(OC[C@@]56CCCN5C[C@H](F)C6)nc4c2F)N([C@H](C)c2cccnc2N)[C@@H](C)CO3)c1OC(F)F. The number of nitrogens with one attached hydrogen (secondary N) is 1. The van der Waals surface area contributed by atoms with Crippen LogP contribution in [0.3, 0.4) is 0 Å². The van der Waals surface area contributed by atoms with Crippen molar-refractivity contribution >= 4 is 33.4 Å². The maximum absolute atomic E-state index is 17.2. The molecule has 7 heterocycles. The fourth-order valence-corrected chi connectivity index (χ4v) is 7.94. The van der Waals surface area contributed by atoms with Gasteiger partial charge in [0.1, 0.15) is 53.4 Å². The van der Waals surface area contributed by atoms with Gasteiger partial charge in [0.05, 0.1) is 34.9 Å². The largest absolute Gasteiger partial charge is 0.475 e. The second-order valence-electron chi connectivity index (χ2n) is 13.3. The number of nitrogens with zero attached hydrogens (tertiary/aromatic N) is 7. The number of pyridine rings is 2. The third-order valence-electron chi connectivity index (χ3n) is 10.2. The Morgan fingerprint density at radius 2 is 2.08 bits per heavy atom. The van der Waals surface area contributed by atoms with E-state index in [2.05, 4.69) is 30.0 Å². The lowest BCUT2D eigenvalue weighted by molar-refractivity contribution is -0.0498. The molecule has 4 aromatic heterocycles. The molecule has 5 aromatic rings. The minimum absolute atomic E-state index is 0.00330. The zero-order valence-electron chi connectivity index (χ0n) is 27.6. The van der Waals surface area contributed by atoms with E-state index in [1.54, 1.807) is 25.3 Å². The van der Waals surface area contributed by atoms with Gasteiger partial charge < -0.3 is 24.8 Å². The second-order valence-corrected chi connectivity index (χ2v) is 13.3. The van der Waals surface area contributed by atoms with E-state index in [1.165, 1.54) is 6.20 Å². The molecule has 0 aliphatic carbocycles. The Kier molecular flexibility index (Phi) is 7.80. The van der Waals surface area contributed by atoms with Crippen LogP contribution < -0.4 is 24.8 Å². The number of benzene rings is 1. The topological polar surface area (TPSA) is 140 Å². The van der Waals surface area contributed by atoms with E-state index < -0.39 is 30.2 Å². The number of nitrogen functional groups attached to an aromatic ring is 1. The van der Waals surface area contributed by atoms with Crippen molar-refractivity contribution in [2.75, 3.05) is 36.9 Å². The number of hydrogen-bond donors (Lipinski definition) is 2. The van der Waals surface area contributed by atoms with Gasteiger partial charge in [-0.05, 0) is 57.9 Å². The standard InChI is InChI=1S/C34H35F4N9O3/c1-16-10-22-21(12-41-45-22)23(28(16)50-32(37)38)26-25(36)27-24-30(44-33(43-27)49-15-34-7-5-9-46(34)13-19(35)11-34)47(17(2)14-48-31(24)42-26)18(3)20-6-4-8-40-29(20)39/h4,6,8,10,12,17-19,32H,5,7,9,11,13-15H2,1-3H3,(H2,39,40)(H,41,45)/t17-,18+,19+,34-/m0/s1. The molecule has 0 saturated carbocycles. The van der Waals surface area contributed by atoms with Gasteiger partial charge >= 0.3 is 12.6 Å². The summed E-state index contributed by atoms with van der Waals surface area (Å²) in [5.74, 6) is -0.602. The van der Waals surface area contributed by atoms with Crippen molar-refractivity contribution in [2.45, 2.75) is 70.4 Å². The lowest BCUT2D eigenvalue weighted by Gasteiger charge is -2.35. The highest BCUT2D eigenvalue weighted by atomic mass is 19.3. The number of alkyl halides is 3. The molecule has 0 unspecified atom stereocenters. The molecule has 0 spiro atoms. The average Bonchev–Trinajstić information content (AvgIpc) is 3.75. The van der Waals surface area contributed by atoms with Gasteiger partial charge in [-0.3, -0.25) is 10.00 Å². The number of ether oxygens (including phenoxy) is 3. The number of aromatic nitrogens is 6. The lowest BCUT2D eigenvalue weighted by atomic mass is 9.95. The van der Waals surface area contributed by atoms with Crippen LogP contribution in [0.15, 0.2) is 30.6 Å². The highest BCUT2D eigenvalue weighted by molar-refractivity contribution is 6.02. The monoisotopic (exact) mass is 693 g/mol. The van der Waals surface area contributed by atoms with E-state index in [9.17, 15) is 13.2 Å². The first-order chi connectivity index (χ1) is 24.0. The van der Waals surface area contributed by atoms with Crippen molar-refractivity contribution in [3.8, 4) is 28.9 Å². The summed E-state index contributed by atoms with van der Waals surface area (Å²) in [5, 5.41) is 7.34. The van der Waals surface area contributed by atoms with Gasteiger partial charge in [0.2, 0.25) is 5.88 Å². The molecular formula is C34H35F4N9O3. The van der Waals surface area contributed by atoms with Gasteiger partial charge in [-0.15, -0.1) is 0 Å². The van der Waals surface area contributed by atoms with Crippen LogP contribution in [0.1, 0.15) is 50.3 Å². The van der Waals surface area contributed by atoms with Crippen molar-refractivity contribution in [1.29, 1.82) is 0 Å². The molecule has 50 heavy (non-hydrogen) atoms. The molecule has 262 valence electrons. The van der Waals surface area contributed by atoms with Gasteiger partial charge in [0.25, 0.3) is 0 Å². The molecule has 2 saturated heterocycles. The quantitative estimate of drug-likeness (QED) is 0.188. The molecule has 0 radical (unpaired) electrons. The van der Waals surface area contributed by atoms with E-state index in [1.807, 2.05) is 24.8 Å². The molecule has 0 bridgehead atoms. The van der Waals surface area contributed by atoms with Crippen molar-refractivity contribution in [1.82, 2.24) is 35.0 Å². The Bertz CT molecular complexity index is 2120. The van der Waals surface area contributed by atoms with Crippen LogP contribution in [-0.2, 0) is 0 Å². The Labute approximate surface area is 284 Å². The van der Waals surface area contributed by atoms with Crippen LogP contribution >= 0.6 is 0 Å². The Hall–Kier alpha value is -4.99. The summed E-state index contributed by atoms with van der Waals surface area (Å²) < 4.78 is 76.9. The molecular weight excluding hydrogens is 658 g/mol. The number of hydrogen-bond acceptors (Lipinski definition) is 11. The molecule has 3 aliphatic heterocycles. The minimum Gasteiger partial charge on any atom is -0.475 e. The van der Waals surface area contributed by atoms with Crippen LogP contribution in [0.2, 0.25) is 0 Å². The van der Waals surface area contributed by atoms with Crippen molar-refractivity contribution in [3.05, 3.63) is 47.5 Å². The summed E-state index contributed by atoms with van der Waals surface area (Å²) in [5.41, 5.74) is 6.70. The Balaban J connectivity index is 1.35. The van der Waals surface area contributed by atoms with Crippen molar-refractivity contribution in [3.63, 3.8) is 0 Å². The number of halogens is 4. The first kappa shape index (κ1) is 32.2. The first-order valence-electron chi connectivity index (χ1n) is 16.5. The van der Waals surface area contributed by atoms with Gasteiger partial charge in [-0.2, -0.15) is 23.8 Å². The van der Waals surface area contributed by atoms with E-state index in [-0.39, 0.29) is 64.9 Å². The summed E-state index contributed by atoms with van der Waals surface area (Å²) >= 11 is 0. The molecule has 12 nitrogen and oxygen atoms in total. The number of rotatable bonds is 8. The van der Waals surface area contributed by atoms with E-state index in [4.69, 9.17) is 24.9 Å². The molecule has 4 atom stereocenters. The Morgan fingerprint density at radius 1 is 1.24 bits per heavy atom. The van der Waals surface area contributed by atoms with E-state index in [0.717, 1.165) is 19.4 Å². The number of fused-ring (bicyclic) bond motifs is 2.